The summed E-state index contributed by atoms with van der Waals surface area (Å²) < 4.78 is 13.5. The molecule has 1 N–H and O–H groups in total. The summed E-state index contributed by atoms with van der Waals surface area (Å²) in [7, 11) is 0. The first kappa shape index (κ1) is 13.5. The van der Waals surface area contributed by atoms with Gasteiger partial charge in [-0.15, -0.1) is 0 Å². The second-order valence-electron chi connectivity index (χ2n) is 4.75. The lowest BCUT2D eigenvalue weighted by Crippen LogP contribution is -2.29. The first-order chi connectivity index (χ1) is 9.08. The van der Waals surface area contributed by atoms with E-state index in [0.717, 1.165) is 19.3 Å². The van der Waals surface area contributed by atoms with Crippen LogP contribution in [0.3, 0.4) is 0 Å². The van der Waals surface area contributed by atoms with Crippen molar-refractivity contribution in [1.82, 2.24) is 4.90 Å². The van der Waals surface area contributed by atoms with Crippen LogP contribution in [0.25, 0.3) is 0 Å². The number of nitrogens with zero attached hydrogens (tertiary/aromatic N) is 1. The molecule has 1 aliphatic heterocycles. The zero-order valence-electron chi connectivity index (χ0n) is 10.6. The third kappa shape index (κ3) is 3.30. The molecule has 0 aromatic heterocycles. The van der Waals surface area contributed by atoms with Crippen LogP contribution < -0.4 is 0 Å². The van der Waals surface area contributed by atoms with Crippen molar-refractivity contribution >= 4 is 11.9 Å². The maximum absolute atomic E-state index is 13.5. The number of carbonyl (C=O) groups excluding carboxylic acids is 1. The number of carboxylic acids is 1. The smallest absolute Gasteiger partial charge is 0.338 e. The molecule has 0 unspecified atom stereocenters. The zero-order chi connectivity index (χ0) is 13.8. The van der Waals surface area contributed by atoms with Gasteiger partial charge in [-0.1, -0.05) is 12.5 Å². The fourth-order valence-electron chi connectivity index (χ4n) is 2.26. The summed E-state index contributed by atoms with van der Waals surface area (Å²) in [5.74, 6) is -1.96. The summed E-state index contributed by atoms with van der Waals surface area (Å²) in [5, 5.41) is 8.75. The van der Waals surface area contributed by atoms with Gasteiger partial charge in [-0.05, 0) is 30.5 Å². The molecule has 19 heavy (non-hydrogen) atoms. The van der Waals surface area contributed by atoms with Gasteiger partial charge in [0.1, 0.15) is 5.82 Å². The number of rotatable bonds is 3. The molecule has 1 fully saturated rings. The van der Waals surface area contributed by atoms with Gasteiger partial charge < -0.3 is 10.0 Å². The van der Waals surface area contributed by atoms with Crippen molar-refractivity contribution in [3.8, 4) is 0 Å². The van der Waals surface area contributed by atoms with Gasteiger partial charge in [0, 0.05) is 19.5 Å². The molecule has 102 valence electrons. The van der Waals surface area contributed by atoms with Crippen LogP contribution in [0.4, 0.5) is 4.39 Å². The predicted molar refractivity (Wildman–Crippen MR) is 67.2 cm³/mol. The van der Waals surface area contributed by atoms with E-state index < -0.39 is 11.8 Å². The number of hydrogen-bond donors (Lipinski definition) is 1. The van der Waals surface area contributed by atoms with E-state index in [2.05, 4.69) is 0 Å². The van der Waals surface area contributed by atoms with Crippen molar-refractivity contribution in [2.24, 2.45) is 0 Å². The van der Waals surface area contributed by atoms with Gasteiger partial charge in [0.15, 0.2) is 0 Å². The van der Waals surface area contributed by atoms with E-state index in [1.54, 1.807) is 11.0 Å². The third-order valence-electron chi connectivity index (χ3n) is 3.31. The highest BCUT2D eigenvalue weighted by Crippen LogP contribution is 2.16. The molecule has 1 aromatic carbocycles. The first-order valence-corrected chi connectivity index (χ1v) is 6.37. The Labute approximate surface area is 110 Å². The summed E-state index contributed by atoms with van der Waals surface area (Å²) >= 11 is 0. The van der Waals surface area contributed by atoms with Crippen LogP contribution in [0.15, 0.2) is 18.2 Å². The third-order valence-corrected chi connectivity index (χ3v) is 3.31. The maximum atomic E-state index is 13.5. The molecule has 5 heteroatoms. The van der Waals surface area contributed by atoms with E-state index in [9.17, 15) is 14.0 Å². The van der Waals surface area contributed by atoms with E-state index in [1.165, 1.54) is 12.1 Å². The molecule has 1 aromatic rings. The van der Waals surface area contributed by atoms with Crippen LogP contribution in [0, 0.1) is 5.82 Å². The lowest BCUT2D eigenvalue weighted by molar-refractivity contribution is -0.131. The number of carboxylic acid groups (broad SMARTS) is 1. The van der Waals surface area contributed by atoms with Crippen LogP contribution >= 0.6 is 0 Å². The van der Waals surface area contributed by atoms with Gasteiger partial charge in [-0.2, -0.15) is 0 Å². The first-order valence-electron chi connectivity index (χ1n) is 6.37. The fourth-order valence-corrected chi connectivity index (χ4v) is 2.26. The van der Waals surface area contributed by atoms with Crippen LogP contribution in [0.2, 0.25) is 0 Å². The molecule has 1 amide bonds. The molecular formula is C14H16FNO3. The zero-order valence-corrected chi connectivity index (χ0v) is 10.6. The molecule has 0 saturated carbocycles. The van der Waals surface area contributed by atoms with Crippen molar-refractivity contribution in [2.45, 2.75) is 32.2 Å². The number of carbonyl (C=O) groups is 2. The molecule has 2 rings (SSSR count). The van der Waals surface area contributed by atoms with Gasteiger partial charge in [-0.25, -0.2) is 9.18 Å². The SMILES string of the molecule is O=C(O)c1ccc(CN2CCCCCC2=O)cc1F. The maximum Gasteiger partial charge on any atom is 0.338 e. The van der Waals surface area contributed by atoms with Crippen molar-refractivity contribution < 1.29 is 19.1 Å². The van der Waals surface area contributed by atoms with E-state index in [-0.39, 0.29) is 11.5 Å². The number of likely N-dealkylation sites (tertiary alicyclic amines) is 1. The molecule has 1 heterocycles. The summed E-state index contributed by atoms with van der Waals surface area (Å²) in [4.78, 5) is 24.2. The average molecular weight is 265 g/mol. The van der Waals surface area contributed by atoms with Gasteiger partial charge in [0.05, 0.1) is 5.56 Å². The molecular weight excluding hydrogens is 249 g/mol. The average Bonchev–Trinajstić information content (AvgIpc) is 2.55. The number of hydrogen-bond acceptors (Lipinski definition) is 2. The second kappa shape index (κ2) is 5.82. The van der Waals surface area contributed by atoms with Gasteiger partial charge in [0.25, 0.3) is 0 Å². The summed E-state index contributed by atoms with van der Waals surface area (Å²) in [6.07, 6.45) is 3.44. The highest BCUT2D eigenvalue weighted by Gasteiger charge is 2.18. The molecule has 0 aliphatic carbocycles. The van der Waals surface area contributed by atoms with Crippen molar-refractivity contribution in [3.05, 3.63) is 35.1 Å². The highest BCUT2D eigenvalue weighted by atomic mass is 19.1. The molecule has 0 bridgehead atoms. The Morgan fingerprint density at radius 3 is 2.79 bits per heavy atom. The topological polar surface area (TPSA) is 57.6 Å². The highest BCUT2D eigenvalue weighted by molar-refractivity contribution is 5.87. The largest absolute Gasteiger partial charge is 0.478 e. The summed E-state index contributed by atoms with van der Waals surface area (Å²) in [6.45, 7) is 1.02. The monoisotopic (exact) mass is 265 g/mol. The van der Waals surface area contributed by atoms with Crippen LogP contribution in [-0.4, -0.2) is 28.4 Å². The van der Waals surface area contributed by atoms with E-state index in [4.69, 9.17) is 5.11 Å². The number of benzene rings is 1. The fraction of sp³-hybridized carbons (Fsp3) is 0.429. The minimum Gasteiger partial charge on any atom is -0.478 e. The van der Waals surface area contributed by atoms with Crippen molar-refractivity contribution in [3.63, 3.8) is 0 Å². The van der Waals surface area contributed by atoms with Gasteiger partial charge in [-0.3, -0.25) is 4.79 Å². The molecule has 4 nitrogen and oxygen atoms in total. The number of amides is 1. The van der Waals surface area contributed by atoms with Crippen molar-refractivity contribution in [2.75, 3.05) is 6.54 Å². The second-order valence-corrected chi connectivity index (χ2v) is 4.75. The van der Waals surface area contributed by atoms with Crippen LogP contribution in [-0.2, 0) is 11.3 Å². The van der Waals surface area contributed by atoms with Gasteiger partial charge in [0.2, 0.25) is 5.91 Å². The van der Waals surface area contributed by atoms with E-state index >= 15 is 0 Å². The Morgan fingerprint density at radius 2 is 2.11 bits per heavy atom. The lowest BCUT2D eigenvalue weighted by Gasteiger charge is -2.20. The van der Waals surface area contributed by atoms with Crippen LogP contribution in [0.1, 0.15) is 41.6 Å². The number of halogens is 1. The predicted octanol–water partition coefficient (Wildman–Crippen LogP) is 2.43. The summed E-state index contributed by atoms with van der Waals surface area (Å²) in [6, 6.07) is 4.00. The Bertz CT molecular complexity index is 501. The molecule has 0 atom stereocenters. The van der Waals surface area contributed by atoms with E-state index in [0.29, 0.717) is 25.1 Å². The number of aromatic carboxylic acids is 1. The quantitative estimate of drug-likeness (QED) is 0.913. The van der Waals surface area contributed by atoms with Crippen molar-refractivity contribution in [1.29, 1.82) is 0 Å². The molecule has 1 aliphatic rings. The lowest BCUT2D eigenvalue weighted by atomic mass is 10.1. The Morgan fingerprint density at radius 1 is 1.32 bits per heavy atom. The van der Waals surface area contributed by atoms with Gasteiger partial charge >= 0.3 is 5.97 Å². The minimum absolute atomic E-state index is 0.0835. The Kier molecular flexibility index (Phi) is 4.14. The Hall–Kier alpha value is -1.91. The normalized spacial score (nSPS) is 16.3. The molecule has 1 saturated heterocycles. The van der Waals surface area contributed by atoms with Crippen LogP contribution in [0.5, 0.6) is 0 Å². The van der Waals surface area contributed by atoms with E-state index in [1.807, 2.05) is 0 Å². The summed E-state index contributed by atoms with van der Waals surface area (Å²) in [5.41, 5.74) is 0.281. The molecule has 0 spiro atoms. The molecule has 0 radical (unpaired) electrons. The Balaban J connectivity index is 2.12. The standard InChI is InChI=1S/C14H16FNO3/c15-12-8-10(5-6-11(12)14(18)19)9-16-7-3-1-2-4-13(16)17/h5-6,8H,1-4,7,9H2,(H,18,19). The minimum atomic E-state index is -1.28.